The van der Waals surface area contributed by atoms with Crippen molar-refractivity contribution in [2.45, 2.75) is 51.5 Å². The first-order valence-corrected chi connectivity index (χ1v) is 8.81. The fraction of sp³-hybridized carbons (Fsp3) is 0.733. The van der Waals surface area contributed by atoms with E-state index >= 15 is 0 Å². The van der Waals surface area contributed by atoms with Crippen LogP contribution in [-0.2, 0) is 0 Å². The Balaban J connectivity index is 1.61. The average Bonchev–Trinajstić information content (AvgIpc) is 3.21. The Bertz CT molecular complexity index is 504. The number of likely N-dealkylation sites (tertiary alicyclic amines) is 1. The maximum atomic E-state index is 12.6. The van der Waals surface area contributed by atoms with Gasteiger partial charge in [-0.25, -0.2) is 4.98 Å². The number of rotatable bonds is 5. The molecule has 3 N–H and O–H groups in total. The number of carbonyl (C=O) groups is 1. The first-order chi connectivity index (χ1) is 10.2. The first-order valence-electron chi connectivity index (χ1n) is 7.99. The number of thiazole rings is 1. The maximum absolute atomic E-state index is 12.6. The van der Waals surface area contributed by atoms with Crippen LogP contribution < -0.4 is 11.1 Å². The van der Waals surface area contributed by atoms with E-state index in [1.54, 1.807) is 0 Å². The van der Waals surface area contributed by atoms with E-state index in [0.29, 0.717) is 16.7 Å². The molecule has 3 rings (SSSR count). The van der Waals surface area contributed by atoms with E-state index in [9.17, 15) is 4.79 Å². The van der Waals surface area contributed by atoms with Crippen LogP contribution in [0.15, 0.2) is 0 Å². The van der Waals surface area contributed by atoms with Gasteiger partial charge in [-0.1, -0.05) is 31.1 Å². The third-order valence-corrected chi connectivity index (χ3v) is 5.34. The number of hydrogen-bond donors (Lipinski definition) is 2. The van der Waals surface area contributed by atoms with Crippen LogP contribution in [0.5, 0.6) is 0 Å². The molecular formula is C15H24N4OS. The minimum absolute atomic E-state index is 0.0591. The van der Waals surface area contributed by atoms with Crippen LogP contribution in [-0.4, -0.2) is 34.9 Å². The number of anilines is 2. The van der Waals surface area contributed by atoms with Crippen molar-refractivity contribution in [1.82, 2.24) is 9.88 Å². The molecule has 0 radical (unpaired) electrons. The number of amides is 1. The number of carbonyl (C=O) groups excluding carboxylic acids is 1. The molecule has 0 bridgehead atoms. The van der Waals surface area contributed by atoms with E-state index in [0.717, 1.165) is 37.0 Å². The molecule has 1 saturated carbocycles. The third-order valence-electron chi connectivity index (χ3n) is 4.35. The zero-order valence-electron chi connectivity index (χ0n) is 12.6. The summed E-state index contributed by atoms with van der Waals surface area (Å²) >= 11 is 1.40. The summed E-state index contributed by atoms with van der Waals surface area (Å²) in [5, 5.41) is 4.11. The van der Waals surface area contributed by atoms with E-state index in [1.807, 2.05) is 4.90 Å². The smallest absolute Gasteiger partial charge is 0.267 e. The Hall–Kier alpha value is -1.30. The monoisotopic (exact) mass is 308 g/mol. The summed E-state index contributed by atoms with van der Waals surface area (Å²) in [4.78, 5) is 19.4. The average molecular weight is 308 g/mol. The summed E-state index contributed by atoms with van der Waals surface area (Å²) in [6.07, 6.45) is 7.12. The molecule has 1 aromatic rings. The van der Waals surface area contributed by atoms with Gasteiger partial charge in [0.15, 0.2) is 5.13 Å². The Labute approximate surface area is 129 Å². The lowest BCUT2D eigenvalue weighted by Crippen LogP contribution is -2.38. The topological polar surface area (TPSA) is 71.2 Å². The van der Waals surface area contributed by atoms with Gasteiger partial charge in [-0.2, -0.15) is 0 Å². The van der Waals surface area contributed by atoms with Crippen molar-refractivity contribution in [3.05, 3.63) is 4.88 Å². The van der Waals surface area contributed by atoms with Crippen LogP contribution in [0.4, 0.5) is 10.9 Å². The first kappa shape index (κ1) is 14.6. The van der Waals surface area contributed by atoms with Gasteiger partial charge in [0.25, 0.3) is 5.91 Å². The van der Waals surface area contributed by atoms with Gasteiger partial charge < -0.3 is 16.0 Å². The van der Waals surface area contributed by atoms with Crippen LogP contribution >= 0.6 is 11.3 Å². The number of nitrogens with two attached hydrogens (primary N) is 1. The Morgan fingerprint density at radius 1 is 1.38 bits per heavy atom. The molecule has 2 aliphatic rings. The SMILES string of the molecule is CCCC1CCN(C(=O)c2sc(NC3CC3)nc2N)CC1. The molecule has 1 amide bonds. The Morgan fingerprint density at radius 2 is 2.10 bits per heavy atom. The molecule has 0 atom stereocenters. The molecule has 0 aromatic carbocycles. The standard InChI is InChI=1S/C15H24N4OS/c1-2-3-10-6-8-19(9-7-10)14(20)12-13(16)18-15(21-12)17-11-4-5-11/h10-11H,2-9,16H2,1H3,(H,17,18). The van der Waals surface area contributed by atoms with Gasteiger partial charge in [0, 0.05) is 19.1 Å². The minimum atomic E-state index is 0.0591. The van der Waals surface area contributed by atoms with Gasteiger partial charge in [0.1, 0.15) is 10.7 Å². The molecule has 116 valence electrons. The molecule has 2 heterocycles. The predicted octanol–water partition coefficient (Wildman–Crippen LogP) is 2.95. The highest BCUT2D eigenvalue weighted by Crippen LogP contribution is 2.32. The van der Waals surface area contributed by atoms with Crippen LogP contribution in [0.25, 0.3) is 0 Å². The molecule has 0 unspecified atom stereocenters. The second kappa shape index (κ2) is 6.22. The zero-order chi connectivity index (χ0) is 14.8. The number of hydrogen-bond acceptors (Lipinski definition) is 5. The van der Waals surface area contributed by atoms with Gasteiger partial charge in [-0.15, -0.1) is 0 Å². The quantitative estimate of drug-likeness (QED) is 0.877. The molecule has 6 heteroatoms. The van der Waals surface area contributed by atoms with Crippen LogP contribution in [0.2, 0.25) is 0 Å². The number of aromatic nitrogens is 1. The largest absolute Gasteiger partial charge is 0.382 e. The lowest BCUT2D eigenvalue weighted by Gasteiger charge is -2.31. The molecule has 2 fully saturated rings. The number of piperidine rings is 1. The lowest BCUT2D eigenvalue weighted by atomic mass is 9.92. The van der Waals surface area contributed by atoms with E-state index in [2.05, 4.69) is 17.2 Å². The molecule has 1 aliphatic carbocycles. The second-order valence-electron chi connectivity index (χ2n) is 6.18. The van der Waals surface area contributed by atoms with E-state index in [1.165, 1.54) is 37.0 Å². The molecule has 21 heavy (non-hydrogen) atoms. The minimum Gasteiger partial charge on any atom is -0.382 e. The fourth-order valence-corrected chi connectivity index (χ4v) is 3.86. The molecule has 5 nitrogen and oxygen atoms in total. The van der Waals surface area contributed by atoms with Gasteiger partial charge >= 0.3 is 0 Å². The van der Waals surface area contributed by atoms with E-state index in [-0.39, 0.29) is 5.91 Å². The van der Waals surface area contributed by atoms with Crippen molar-refractivity contribution in [3.63, 3.8) is 0 Å². The normalized spacial score (nSPS) is 19.8. The summed E-state index contributed by atoms with van der Waals surface area (Å²) < 4.78 is 0. The molecule has 0 spiro atoms. The summed E-state index contributed by atoms with van der Waals surface area (Å²) in [5.74, 6) is 1.22. The summed E-state index contributed by atoms with van der Waals surface area (Å²) in [6, 6.07) is 0.531. The van der Waals surface area contributed by atoms with Gasteiger partial charge in [0.2, 0.25) is 0 Å². The van der Waals surface area contributed by atoms with Crippen molar-refractivity contribution in [1.29, 1.82) is 0 Å². The predicted molar refractivity (Wildman–Crippen MR) is 86.7 cm³/mol. The van der Waals surface area contributed by atoms with Gasteiger partial charge in [-0.3, -0.25) is 4.79 Å². The molecule has 1 saturated heterocycles. The third kappa shape index (κ3) is 3.48. The summed E-state index contributed by atoms with van der Waals surface area (Å²) in [5.41, 5.74) is 5.93. The Morgan fingerprint density at radius 3 is 2.71 bits per heavy atom. The van der Waals surface area contributed by atoms with Gasteiger partial charge in [-0.05, 0) is 31.6 Å². The maximum Gasteiger partial charge on any atom is 0.267 e. The number of nitrogen functional groups attached to an aromatic ring is 1. The van der Waals surface area contributed by atoms with E-state index in [4.69, 9.17) is 5.73 Å². The van der Waals surface area contributed by atoms with Crippen LogP contribution in [0.1, 0.15) is 55.1 Å². The Kier molecular flexibility index (Phi) is 4.33. The van der Waals surface area contributed by atoms with Gasteiger partial charge in [0.05, 0.1) is 0 Å². The fourth-order valence-electron chi connectivity index (χ4n) is 2.93. The summed E-state index contributed by atoms with van der Waals surface area (Å²) in [7, 11) is 0. The second-order valence-corrected chi connectivity index (χ2v) is 7.18. The number of nitrogens with one attached hydrogen (secondary N) is 1. The van der Waals surface area contributed by atoms with Crippen molar-refractivity contribution < 1.29 is 4.79 Å². The molecule has 1 aliphatic heterocycles. The molecule has 1 aromatic heterocycles. The highest BCUT2D eigenvalue weighted by molar-refractivity contribution is 7.18. The van der Waals surface area contributed by atoms with Crippen molar-refractivity contribution in [2.75, 3.05) is 24.1 Å². The zero-order valence-corrected chi connectivity index (χ0v) is 13.4. The lowest BCUT2D eigenvalue weighted by molar-refractivity contribution is 0.0692. The van der Waals surface area contributed by atoms with Crippen molar-refractivity contribution in [2.24, 2.45) is 5.92 Å². The van der Waals surface area contributed by atoms with Crippen LogP contribution in [0.3, 0.4) is 0 Å². The number of nitrogens with zero attached hydrogens (tertiary/aromatic N) is 2. The highest BCUT2D eigenvalue weighted by atomic mass is 32.1. The summed E-state index contributed by atoms with van der Waals surface area (Å²) in [6.45, 7) is 3.93. The van der Waals surface area contributed by atoms with Crippen molar-refractivity contribution in [3.8, 4) is 0 Å². The van der Waals surface area contributed by atoms with Crippen molar-refractivity contribution >= 4 is 28.2 Å². The highest BCUT2D eigenvalue weighted by Gasteiger charge is 2.28. The van der Waals surface area contributed by atoms with Crippen LogP contribution in [0, 0.1) is 5.92 Å². The molecular weight excluding hydrogens is 284 g/mol. The van der Waals surface area contributed by atoms with E-state index < -0.39 is 0 Å².